The highest BCUT2D eigenvalue weighted by molar-refractivity contribution is 6.30. The molecule has 3 aromatic carbocycles. The molecular weight excluding hydrogens is 438 g/mol. The van der Waals surface area contributed by atoms with E-state index in [1.165, 1.54) is 0 Å². The maximum absolute atomic E-state index is 13.2. The maximum atomic E-state index is 13.2. The molecule has 0 aliphatic carbocycles. The number of halogens is 1. The van der Waals surface area contributed by atoms with E-state index < -0.39 is 0 Å². The Kier molecular flexibility index (Phi) is 5.44. The molecule has 164 valence electrons. The molecule has 2 heterocycles. The molecule has 0 N–H and O–H groups in total. The summed E-state index contributed by atoms with van der Waals surface area (Å²) in [6, 6.07) is 22.0. The van der Waals surface area contributed by atoms with Crippen LogP contribution in [0.1, 0.15) is 13.8 Å². The number of nitrogens with zero attached hydrogens (tertiary/aromatic N) is 3. The Morgan fingerprint density at radius 2 is 1.64 bits per heavy atom. The zero-order valence-corrected chi connectivity index (χ0v) is 18.8. The van der Waals surface area contributed by atoms with Gasteiger partial charge in [-0.25, -0.2) is 0 Å². The summed E-state index contributed by atoms with van der Waals surface area (Å²) in [7, 11) is 0. The fourth-order valence-electron chi connectivity index (χ4n) is 3.66. The number of fused-ring (bicyclic) bond motifs is 1. The van der Waals surface area contributed by atoms with Crippen LogP contribution in [-0.4, -0.2) is 20.8 Å². The van der Waals surface area contributed by atoms with Crippen molar-refractivity contribution in [2.75, 3.05) is 0 Å². The molecule has 0 amide bonds. The first-order chi connectivity index (χ1) is 16.0. The molecule has 5 aromatic rings. The van der Waals surface area contributed by atoms with E-state index in [1.54, 1.807) is 41.1 Å². The Balaban J connectivity index is 1.60. The fourth-order valence-corrected chi connectivity index (χ4v) is 3.79. The van der Waals surface area contributed by atoms with Crippen LogP contribution >= 0.6 is 11.6 Å². The predicted molar refractivity (Wildman–Crippen MR) is 129 cm³/mol. The maximum Gasteiger partial charge on any atom is 0.262 e. The number of rotatable bonds is 5. The number of hydrogen-bond acceptors (Lipinski definition) is 5. The first kappa shape index (κ1) is 21.0. The number of hydrogen-bond donors (Lipinski definition) is 0. The van der Waals surface area contributed by atoms with Gasteiger partial charge in [-0.2, -0.15) is 4.98 Å². The minimum absolute atomic E-state index is 0.0947. The molecule has 0 atom stereocenters. The molecule has 0 saturated carbocycles. The van der Waals surface area contributed by atoms with Crippen molar-refractivity contribution in [1.82, 2.24) is 14.7 Å². The van der Waals surface area contributed by atoms with Crippen molar-refractivity contribution in [2.24, 2.45) is 0 Å². The Morgan fingerprint density at radius 3 is 2.33 bits per heavy atom. The molecule has 2 aromatic heterocycles. The molecule has 33 heavy (non-hydrogen) atoms. The summed E-state index contributed by atoms with van der Waals surface area (Å²) in [6.07, 6.45) is 1.82. The van der Waals surface area contributed by atoms with E-state index in [1.807, 2.05) is 56.3 Å². The molecular formula is C26H20ClN3O3. The Morgan fingerprint density at radius 1 is 0.939 bits per heavy atom. The largest absolute Gasteiger partial charge is 0.491 e. The Labute approximate surface area is 195 Å². The van der Waals surface area contributed by atoms with Crippen molar-refractivity contribution in [3.05, 3.63) is 94.4 Å². The number of aromatic nitrogens is 3. The lowest BCUT2D eigenvalue weighted by Gasteiger charge is -2.10. The number of pyridine rings is 1. The van der Waals surface area contributed by atoms with Gasteiger partial charge in [-0.05, 0) is 68.4 Å². The van der Waals surface area contributed by atoms with Crippen LogP contribution in [0.3, 0.4) is 0 Å². The molecule has 0 fully saturated rings. The first-order valence-corrected chi connectivity index (χ1v) is 10.9. The van der Waals surface area contributed by atoms with Crippen LogP contribution < -0.4 is 10.3 Å². The van der Waals surface area contributed by atoms with Crippen LogP contribution in [0.4, 0.5) is 0 Å². The third kappa shape index (κ3) is 4.13. The molecule has 0 saturated heterocycles. The Bertz CT molecular complexity index is 1490. The monoisotopic (exact) mass is 457 g/mol. The van der Waals surface area contributed by atoms with E-state index >= 15 is 0 Å². The standard InChI is InChI=1S/C26H20ClN3O3/c1-16(2)32-20-13-7-17(8-14-20)24-28-25(33-29-24)23-15-30(19-11-9-18(27)10-12-19)26(31)22-6-4-3-5-21(22)23/h3-16H,1-2H3. The van der Waals surface area contributed by atoms with Crippen molar-refractivity contribution in [2.45, 2.75) is 20.0 Å². The van der Waals surface area contributed by atoms with Gasteiger partial charge in [0.05, 0.1) is 11.7 Å². The van der Waals surface area contributed by atoms with Gasteiger partial charge in [0.1, 0.15) is 5.75 Å². The van der Waals surface area contributed by atoms with E-state index in [0.29, 0.717) is 33.4 Å². The zero-order chi connectivity index (χ0) is 22.9. The number of benzene rings is 3. The van der Waals surface area contributed by atoms with E-state index in [0.717, 1.165) is 16.7 Å². The highest BCUT2D eigenvalue weighted by atomic mass is 35.5. The molecule has 0 unspecified atom stereocenters. The van der Waals surface area contributed by atoms with Gasteiger partial charge in [0.25, 0.3) is 11.4 Å². The summed E-state index contributed by atoms with van der Waals surface area (Å²) in [4.78, 5) is 17.8. The van der Waals surface area contributed by atoms with Gasteiger partial charge >= 0.3 is 0 Å². The summed E-state index contributed by atoms with van der Waals surface area (Å²) in [5.74, 6) is 1.55. The molecule has 0 radical (unpaired) electrons. The highest BCUT2D eigenvalue weighted by Gasteiger charge is 2.17. The summed E-state index contributed by atoms with van der Waals surface area (Å²) in [5.41, 5.74) is 2.02. The van der Waals surface area contributed by atoms with Gasteiger partial charge in [0, 0.05) is 33.2 Å². The molecule has 0 aliphatic heterocycles. The molecule has 7 heteroatoms. The van der Waals surface area contributed by atoms with Gasteiger partial charge in [-0.15, -0.1) is 0 Å². The minimum Gasteiger partial charge on any atom is -0.491 e. The van der Waals surface area contributed by atoms with Crippen molar-refractivity contribution in [1.29, 1.82) is 0 Å². The van der Waals surface area contributed by atoms with Gasteiger partial charge in [-0.3, -0.25) is 9.36 Å². The average molecular weight is 458 g/mol. The van der Waals surface area contributed by atoms with Crippen LogP contribution in [0.25, 0.3) is 39.3 Å². The summed E-state index contributed by atoms with van der Waals surface area (Å²) >= 11 is 6.03. The smallest absolute Gasteiger partial charge is 0.262 e. The lowest BCUT2D eigenvalue weighted by molar-refractivity contribution is 0.242. The molecule has 0 bridgehead atoms. The zero-order valence-electron chi connectivity index (χ0n) is 18.0. The van der Waals surface area contributed by atoms with Crippen LogP contribution in [-0.2, 0) is 0 Å². The van der Waals surface area contributed by atoms with Crippen LogP contribution in [0.2, 0.25) is 5.02 Å². The quantitative estimate of drug-likeness (QED) is 0.316. The second-order valence-electron chi connectivity index (χ2n) is 7.85. The Hall–Kier alpha value is -3.90. The molecule has 0 aliphatic rings. The fraction of sp³-hybridized carbons (Fsp3) is 0.115. The topological polar surface area (TPSA) is 70.2 Å². The lowest BCUT2D eigenvalue weighted by Crippen LogP contribution is -2.18. The summed E-state index contributed by atoms with van der Waals surface area (Å²) in [5, 5.41) is 6.06. The van der Waals surface area contributed by atoms with Crippen LogP contribution in [0, 0.1) is 0 Å². The second kappa shape index (κ2) is 8.56. The van der Waals surface area contributed by atoms with E-state index in [-0.39, 0.29) is 11.7 Å². The average Bonchev–Trinajstić information content (AvgIpc) is 3.30. The first-order valence-electron chi connectivity index (χ1n) is 10.5. The third-order valence-corrected chi connectivity index (χ3v) is 5.42. The SMILES string of the molecule is CC(C)Oc1ccc(-c2noc(-c3cn(-c4ccc(Cl)cc4)c(=O)c4ccccc34)n2)cc1. The van der Waals surface area contributed by atoms with Gasteiger partial charge in [0.15, 0.2) is 0 Å². The van der Waals surface area contributed by atoms with Crippen molar-refractivity contribution in [3.63, 3.8) is 0 Å². The van der Waals surface area contributed by atoms with E-state index in [9.17, 15) is 4.79 Å². The second-order valence-corrected chi connectivity index (χ2v) is 8.29. The third-order valence-electron chi connectivity index (χ3n) is 5.17. The van der Waals surface area contributed by atoms with E-state index in [2.05, 4.69) is 10.1 Å². The van der Waals surface area contributed by atoms with Crippen molar-refractivity contribution in [3.8, 4) is 34.3 Å². The van der Waals surface area contributed by atoms with Crippen LogP contribution in [0.5, 0.6) is 5.75 Å². The van der Waals surface area contributed by atoms with Crippen molar-refractivity contribution >= 4 is 22.4 Å². The highest BCUT2D eigenvalue weighted by Crippen LogP contribution is 2.29. The summed E-state index contributed by atoms with van der Waals surface area (Å²) in [6.45, 7) is 3.96. The van der Waals surface area contributed by atoms with Gasteiger partial charge in [0.2, 0.25) is 5.82 Å². The molecule has 0 spiro atoms. The van der Waals surface area contributed by atoms with Crippen molar-refractivity contribution < 1.29 is 9.26 Å². The number of ether oxygens (including phenoxy) is 1. The van der Waals surface area contributed by atoms with Crippen LogP contribution in [0.15, 0.2) is 88.3 Å². The minimum atomic E-state index is -0.142. The van der Waals surface area contributed by atoms with E-state index in [4.69, 9.17) is 20.9 Å². The van der Waals surface area contributed by atoms with Gasteiger partial charge < -0.3 is 9.26 Å². The molecule has 5 rings (SSSR count). The lowest BCUT2D eigenvalue weighted by atomic mass is 10.1. The normalized spacial score (nSPS) is 11.3. The van der Waals surface area contributed by atoms with Gasteiger partial charge in [-0.1, -0.05) is 35.0 Å². The molecule has 6 nitrogen and oxygen atoms in total. The summed E-state index contributed by atoms with van der Waals surface area (Å²) < 4.78 is 12.9. The predicted octanol–water partition coefficient (Wildman–Crippen LogP) is 6.15.